The number of aryl methyl sites for hydroxylation is 1. The Hall–Kier alpha value is -0.410. The van der Waals surface area contributed by atoms with Crippen LogP contribution in [0.4, 0.5) is 0 Å². The van der Waals surface area contributed by atoms with Crippen molar-refractivity contribution >= 4 is 11.3 Å². The number of ether oxygens (including phenoxy) is 1. The minimum absolute atomic E-state index is 0.204. The van der Waals surface area contributed by atoms with Crippen LogP contribution in [0.1, 0.15) is 50.4 Å². The molecule has 0 spiro atoms. The molecule has 0 aromatic carbocycles. The Kier molecular flexibility index (Phi) is 5.12. The van der Waals surface area contributed by atoms with Crippen LogP contribution in [0.3, 0.4) is 0 Å². The molecule has 0 saturated heterocycles. The smallest absolute Gasteiger partial charge is 0.122 e. The molecule has 3 heteroatoms. The fourth-order valence-electron chi connectivity index (χ4n) is 1.41. The molecule has 0 aliphatic heterocycles. The predicted molar refractivity (Wildman–Crippen MR) is 60.8 cm³/mol. The first-order valence-electron chi connectivity index (χ1n) is 5.37. The highest BCUT2D eigenvalue weighted by Crippen LogP contribution is 2.24. The van der Waals surface area contributed by atoms with Crippen LogP contribution in [-0.4, -0.2) is 11.6 Å². The number of aromatic nitrogens is 1. The third kappa shape index (κ3) is 3.07. The van der Waals surface area contributed by atoms with Gasteiger partial charge in [-0.05, 0) is 19.8 Å². The minimum atomic E-state index is 0.204. The summed E-state index contributed by atoms with van der Waals surface area (Å²) in [5.41, 5.74) is 1.21. The Morgan fingerprint density at radius 1 is 1.43 bits per heavy atom. The van der Waals surface area contributed by atoms with E-state index in [1.165, 1.54) is 5.69 Å². The highest BCUT2D eigenvalue weighted by molar-refractivity contribution is 7.09. The van der Waals surface area contributed by atoms with Crippen molar-refractivity contribution in [1.82, 2.24) is 4.98 Å². The molecule has 1 heterocycles. The van der Waals surface area contributed by atoms with Gasteiger partial charge < -0.3 is 4.74 Å². The zero-order valence-corrected chi connectivity index (χ0v) is 10.1. The molecule has 14 heavy (non-hydrogen) atoms. The summed E-state index contributed by atoms with van der Waals surface area (Å²) in [6.45, 7) is 7.12. The topological polar surface area (TPSA) is 22.1 Å². The van der Waals surface area contributed by atoms with E-state index in [4.69, 9.17) is 4.74 Å². The standard InChI is InChI=1S/C11H19NOS/c1-4-7-9-8-14-11(12-9)10(5-2)13-6-3/h8,10H,4-7H2,1-3H3. The van der Waals surface area contributed by atoms with Gasteiger partial charge in [-0.3, -0.25) is 0 Å². The second kappa shape index (κ2) is 6.14. The molecule has 1 aromatic heterocycles. The predicted octanol–water partition coefficient (Wildman–Crippen LogP) is 3.58. The molecule has 0 bridgehead atoms. The average molecular weight is 213 g/mol. The van der Waals surface area contributed by atoms with E-state index in [-0.39, 0.29) is 6.10 Å². The van der Waals surface area contributed by atoms with Gasteiger partial charge in [-0.2, -0.15) is 0 Å². The zero-order chi connectivity index (χ0) is 10.4. The van der Waals surface area contributed by atoms with Crippen molar-refractivity contribution < 1.29 is 4.74 Å². The maximum atomic E-state index is 5.62. The number of hydrogen-bond donors (Lipinski definition) is 0. The summed E-state index contributed by atoms with van der Waals surface area (Å²) in [6.07, 6.45) is 3.45. The highest BCUT2D eigenvalue weighted by atomic mass is 32.1. The van der Waals surface area contributed by atoms with Crippen LogP contribution in [0, 0.1) is 0 Å². The molecule has 1 atom stereocenters. The first kappa shape index (κ1) is 11.7. The molecule has 0 N–H and O–H groups in total. The Balaban J connectivity index is 2.63. The van der Waals surface area contributed by atoms with Gasteiger partial charge in [0.1, 0.15) is 11.1 Å². The largest absolute Gasteiger partial charge is 0.371 e. The summed E-state index contributed by atoms with van der Waals surface area (Å²) >= 11 is 1.73. The third-order valence-corrected chi connectivity index (χ3v) is 3.08. The van der Waals surface area contributed by atoms with Crippen LogP contribution in [-0.2, 0) is 11.2 Å². The first-order chi connectivity index (χ1) is 6.81. The summed E-state index contributed by atoms with van der Waals surface area (Å²) < 4.78 is 5.62. The van der Waals surface area contributed by atoms with Crippen molar-refractivity contribution in [3.8, 4) is 0 Å². The number of rotatable bonds is 6. The second-order valence-electron chi connectivity index (χ2n) is 3.28. The van der Waals surface area contributed by atoms with Gasteiger partial charge >= 0.3 is 0 Å². The zero-order valence-electron chi connectivity index (χ0n) is 9.25. The molecule has 0 fully saturated rings. The summed E-state index contributed by atoms with van der Waals surface area (Å²) in [5, 5.41) is 3.29. The maximum Gasteiger partial charge on any atom is 0.122 e. The van der Waals surface area contributed by atoms with Gasteiger partial charge in [-0.25, -0.2) is 4.98 Å². The van der Waals surface area contributed by atoms with Crippen LogP contribution in [0.2, 0.25) is 0 Å². The molecule has 1 unspecified atom stereocenters. The lowest BCUT2D eigenvalue weighted by Crippen LogP contribution is -2.02. The highest BCUT2D eigenvalue weighted by Gasteiger charge is 2.12. The number of thiazole rings is 1. The molecule has 0 saturated carbocycles. The van der Waals surface area contributed by atoms with Gasteiger partial charge in [0.25, 0.3) is 0 Å². The summed E-state index contributed by atoms with van der Waals surface area (Å²) in [6, 6.07) is 0. The van der Waals surface area contributed by atoms with Crippen molar-refractivity contribution in [2.45, 2.75) is 46.1 Å². The molecule has 1 aromatic rings. The SMILES string of the molecule is CCCc1csc(C(CC)OCC)n1. The second-order valence-corrected chi connectivity index (χ2v) is 4.17. The molecule has 80 valence electrons. The quantitative estimate of drug-likeness (QED) is 0.720. The third-order valence-electron chi connectivity index (χ3n) is 2.09. The Bertz CT molecular complexity index is 260. The van der Waals surface area contributed by atoms with E-state index in [2.05, 4.69) is 24.2 Å². The normalized spacial score (nSPS) is 13.1. The van der Waals surface area contributed by atoms with Crippen molar-refractivity contribution in [1.29, 1.82) is 0 Å². The summed E-state index contributed by atoms with van der Waals surface area (Å²) in [4.78, 5) is 4.58. The lowest BCUT2D eigenvalue weighted by molar-refractivity contribution is 0.0595. The van der Waals surface area contributed by atoms with Gasteiger partial charge in [0.2, 0.25) is 0 Å². The fraction of sp³-hybridized carbons (Fsp3) is 0.727. The summed E-state index contributed by atoms with van der Waals surface area (Å²) in [7, 11) is 0. The van der Waals surface area contributed by atoms with E-state index in [0.29, 0.717) is 0 Å². The van der Waals surface area contributed by atoms with Gasteiger partial charge in [0.05, 0.1) is 5.69 Å². The van der Waals surface area contributed by atoms with E-state index in [0.717, 1.165) is 30.9 Å². The molecular formula is C11H19NOS. The Morgan fingerprint density at radius 2 is 2.21 bits per heavy atom. The monoisotopic (exact) mass is 213 g/mol. The van der Waals surface area contributed by atoms with Crippen LogP contribution in [0.5, 0.6) is 0 Å². The van der Waals surface area contributed by atoms with E-state index in [1.807, 2.05) is 6.92 Å². The van der Waals surface area contributed by atoms with Crippen molar-refractivity contribution in [3.05, 3.63) is 16.1 Å². The van der Waals surface area contributed by atoms with E-state index in [9.17, 15) is 0 Å². The van der Waals surface area contributed by atoms with Crippen molar-refractivity contribution in [3.63, 3.8) is 0 Å². The number of nitrogens with zero attached hydrogens (tertiary/aromatic N) is 1. The molecule has 0 radical (unpaired) electrons. The van der Waals surface area contributed by atoms with Crippen molar-refractivity contribution in [2.24, 2.45) is 0 Å². The fourth-order valence-corrected chi connectivity index (χ4v) is 2.39. The molecular weight excluding hydrogens is 194 g/mol. The maximum absolute atomic E-state index is 5.62. The lowest BCUT2D eigenvalue weighted by atomic mass is 10.2. The van der Waals surface area contributed by atoms with Crippen LogP contribution in [0.25, 0.3) is 0 Å². The van der Waals surface area contributed by atoms with Gasteiger partial charge in [-0.1, -0.05) is 20.3 Å². The van der Waals surface area contributed by atoms with Crippen LogP contribution in [0.15, 0.2) is 5.38 Å². The first-order valence-corrected chi connectivity index (χ1v) is 6.25. The Labute approximate surface area is 90.3 Å². The molecule has 2 nitrogen and oxygen atoms in total. The van der Waals surface area contributed by atoms with Gasteiger partial charge in [0, 0.05) is 12.0 Å². The van der Waals surface area contributed by atoms with Gasteiger partial charge in [-0.15, -0.1) is 11.3 Å². The molecule has 1 rings (SSSR count). The Morgan fingerprint density at radius 3 is 2.79 bits per heavy atom. The molecule has 0 aliphatic carbocycles. The minimum Gasteiger partial charge on any atom is -0.371 e. The van der Waals surface area contributed by atoms with E-state index >= 15 is 0 Å². The van der Waals surface area contributed by atoms with Crippen molar-refractivity contribution in [2.75, 3.05) is 6.61 Å². The average Bonchev–Trinajstić information content (AvgIpc) is 2.63. The molecule has 0 aliphatic rings. The van der Waals surface area contributed by atoms with E-state index < -0.39 is 0 Å². The van der Waals surface area contributed by atoms with Crippen LogP contribution >= 0.6 is 11.3 Å². The number of hydrogen-bond acceptors (Lipinski definition) is 3. The lowest BCUT2D eigenvalue weighted by Gasteiger charge is -2.11. The summed E-state index contributed by atoms with van der Waals surface area (Å²) in [5.74, 6) is 0. The molecule has 0 amide bonds. The van der Waals surface area contributed by atoms with Gasteiger partial charge in [0.15, 0.2) is 0 Å². The van der Waals surface area contributed by atoms with Crippen LogP contribution < -0.4 is 0 Å². The van der Waals surface area contributed by atoms with E-state index in [1.54, 1.807) is 11.3 Å².